The minimum atomic E-state index is -3.16. The van der Waals surface area contributed by atoms with E-state index in [1.54, 1.807) is 4.31 Å². The Kier molecular flexibility index (Phi) is 4.81. The van der Waals surface area contributed by atoms with E-state index in [2.05, 4.69) is 10.6 Å². The number of sulfonamides is 1. The van der Waals surface area contributed by atoms with Crippen molar-refractivity contribution in [2.24, 2.45) is 5.92 Å². The lowest BCUT2D eigenvalue weighted by Crippen LogP contribution is -2.55. The second-order valence-corrected chi connectivity index (χ2v) is 7.38. The first-order valence-corrected chi connectivity index (χ1v) is 8.61. The average Bonchev–Trinajstić information content (AvgIpc) is 2.38. The Morgan fingerprint density at radius 2 is 2.21 bits per heavy atom. The predicted octanol–water partition coefficient (Wildman–Crippen LogP) is -0.474. The van der Waals surface area contributed by atoms with Gasteiger partial charge in [-0.15, -0.1) is 0 Å². The summed E-state index contributed by atoms with van der Waals surface area (Å²) in [5, 5.41) is 6.01. The molecule has 2 heterocycles. The molecule has 2 rings (SSSR count). The molecule has 19 heavy (non-hydrogen) atoms. The first-order chi connectivity index (χ1) is 9.03. The lowest BCUT2D eigenvalue weighted by atomic mass is 9.86. The number of fused-ring (bicyclic) bond motifs is 1. The molecule has 1 amide bonds. The summed E-state index contributed by atoms with van der Waals surface area (Å²) in [6, 6.07) is 0.168. The maximum Gasteiger partial charge on any atom is 0.220 e. The molecule has 0 radical (unpaired) electrons. The summed E-state index contributed by atoms with van der Waals surface area (Å²) in [7, 11) is -3.16. The molecule has 6 nitrogen and oxygen atoms in total. The van der Waals surface area contributed by atoms with Gasteiger partial charge < -0.3 is 10.6 Å². The van der Waals surface area contributed by atoms with Crippen LogP contribution in [0.5, 0.6) is 0 Å². The van der Waals surface area contributed by atoms with Gasteiger partial charge in [-0.2, -0.15) is 0 Å². The Morgan fingerprint density at radius 1 is 1.42 bits per heavy atom. The van der Waals surface area contributed by atoms with Crippen molar-refractivity contribution < 1.29 is 13.2 Å². The largest absolute Gasteiger partial charge is 0.353 e. The molecular formula is C12H23N3O3S. The van der Waals surface area contributed by atoms with Crippen molar-refractivity contribution >= 4 is 15.9 Å². The number of rotatable bonds is 5. The first-order valence-electron chi connectivity index (χ1n) is 7.01. The number of hydrogen-bond acceptors (Lipinski definition) is 4. The summed E-state index contributed by atoms with van der Waals surface area (Å²) in [5.74, 6) is 0.537. The highest BCUT2D eigenvalue weighted by molar-refractivity contribution is 7.89. The molecule has 2 unspecified atom stereocenters. The Morgan fingerprint density at radius 3 is 2.95 bits per heavy atom. The monoisotopic (exact) mass is 289 g/mol. The highest BCUT2D eigenvalue weighted by Gasteiger charge is 2.37. The quantitative estimate of drug-likeness (QED) is 0.671. The Hall–Kier alpha value is -0.660. The SMILES string of the molecule is CCNCCS(=O)(=O)N1CCC2NC(=O)CCC2C1. The minimum absolute atomic E-state index is 0.102. The number of piperidine rings is 2. The van der Waals surface area contributed by atoms with Gasteiger partial charge in [-0.1, -0.05) is 6.92 Å². The smallest absolute Gasteiger partial charge is 0.220 e. The second kappa shape index (κ2) is 6.19. The van der Waals surface area contributed by atoms with E-state index in [0.717, 1.165) is 19.4 Å². The van der Waals surface area contributed by atoms with Gasteiger partial charge in [-0.25, -0.2) is 12.7 Å². The van der Waals surface area contributed by atoms with Crippen molar-refractivity contribution in [2.45, 2.75) is 32.2 Å². The van der Waals surface area contributed by atoms with Crippen LogP contribution in [0.25, 0.3) is 0 Å². The zero-order chi connectivity index (χ0) is 13.9. The number of amides is 1. The fourth-order valence-electron chi connectivity index (χ4n) is 2.84. The van der Waals surface area contributed by atoms with Gasteiger partial charge in [0.2, 0.25) is 15.9 Å². The predicted molar refractivity (Wildman–Crippen MR) is 73.2 cm³/mol. The zero-order valence-corrected chi connectivity index (χ0v) is 12.2. The van der Waals surface area contributed by atoms with E-state index < -0.39 is 10.0 Å². The molecule has 0 bridgehead atoms. The first kappa shape index (κ1) is 14.7. The van der Waals surface area contributed by atoms with E-state index in [4.69, 9.17) is 0 Å². The Bertz CT molecular complexity index is 424. The zero-order valence-electron chi connectivity index (χ0n) is 11.4. The third-order valence-electron chi connectivity index (χ3n) is 3.97. The van der Waals surface area contributed by atoms with E-state index in [9.17, 15) is 13.2 Å². The van der Waals surface area contributed by atoms with Crippen molar-refractivity contribution in [1.29, 1.82) is 0 Å². The summed E-state index contributed by atoms with van der Waals surface area (Å²) in [6.07, 6.45) is 2.05. The molecule has 0 aliphatic carbocycles. The number of nitrogens with zero attached hydrogens (tertiary/aromatic N) is 1. The third-order valence-corrected chi connectivity index (χ3v) is 5.80. The van der Waals surface area contributed by atoms with Gasteiger partial charge in [0.1, 0.15) is 0 Å². The molecule has 0 aromatic rings. The molecule has 2 aliphatic rings. The second-order valence-electron chi connectivity index (χ2n) is 5.29. The van der Waals surface area contributed by atoms with Crippen molar-refractivity contribution in [1.82, 2.24) is 14.9 Å². The summed E-state index contributed by atoms with van der Waals surface area (Å²) >= 11 is 0. The third kappa shape index (κ3) is 3.67. The van der Waals surface area contributed by atoms with Crippen LogP contribution in [0.15, 0.2) is 0 Å². The summed E-state index contributed by atoms with van der Waals surface area (Å²) in [6.45, 7) is 4.32. The molecule has 7 heteroatoms. The molecular weight excluding hydrogens is 266 g/mol. The van der Waals surface area contributed by atoms with Crippen LogP contribution in [-0.4, -0.2) is 56.6 Å². The fourth-order valence-corrected chi connectivity index (χ4v) is 4.30. The molecule has 0 spiro atoms. The van der Waals surface area contributed by atoms with Gasteiger partial charge in [-0.3, -0.25) is 4.79 Å². The van der Waals surface area contributed by atoms with Crippen molar-refractivity contribution in [3.8, 4) is 0 Å². The lowest BCUT2D eigenvalue weighted by molar-refractivity contribution is -0.124. The van der Waals surface area contributed by atoms with Crippen molar-refractivity contribution in [3.63, 3.8) is 0 Å². The van der Waals surface area contributed by atoms with Gasteiger partial charge in [0.05, 0.1) is 5.75 Å². The van der Waals surface area contributed by atoms with Crippen LogP contribution in [0.3, 0.4) is 0 Å². The minimum Gasteiger partial charge on any atom is -0.353 e. The van der Waals surface area contributed by atoms with E-state index in [1.165, 1.54) is 0 Å². The normalized spacial score (nSPS) is 28.8. The van der Waals surface area contributed by atoms with E-state index in [-0.39, 0.29) is 23.6 Å². The van der Waals surface area contributed by atoms with E-state index >= 15 is 0 Å². The topological polar surface area (TPSA) is 78.5 Å². The number of hydrogen-bond donors (Lipinski definition) is 2. The maximum absolute atomic E-state index is 12.2. The lowest BCUT2D eigenvalue weighted by Gasteiger charge is -2.40. The molecule has 2 atom stereocenters. The van der Waals surface area contributed by atoms with Crippen LogP contribution in [0.1, 0.15) is 26.2 Å². The van der Waals surface area contributed by atoms with Crippen LogP contribution in [0.4, 0.5) is 0 Å². The average molecular weight is 289 g/mol. The highest BCUT2D eigenvalue weighted by atomic mass is 32.2. The van der Waals surface area contributed by atoms with Crippen LogP contribution in [0.2, 0.25) is 0 Å². The molecule has 0 aromatic carbocycles. The van der Waals surface area contributed by atoms with E-state index in [1.807, 2.05) is 6.92 Å². The van der Waals surface area contributed by atoms with Crippen LogP contribution in [-0.2, 0) is 14.8 Å². The molecule has 110 valence electrons. The van der Waals surface area contributed by atoms with Gasteiger partial charge in [0, 0.05) is 32.1 Å². The Balaban J connectivity index is 1.91. The van der Waals surface area contributed by atoms with Gasteiger partial charge in [0.25, 0.3) is 0 Å². The number of carbonyl (C=O) groups excluding carboxylic acids is 1. The van der Waals surface area contributed by atoms with Gasteiger partial charge in [0.15, 0.2) is 0 Å². The van der Waals surface area contributed by atoms with Crippen molar-refractivity contribution in [3.05, 3.63) is 0 Å². The summed E-state index contributed by atoms with van der Waals surface area (Å²) in [4.78, 5) is 11.3. The van der Waals surface area contributed by atoms with Gasteiger partial charge >= 0.3 is 0 Å². The van der Waals surface area contributed by atoms with Crippen LogP contribution >= 0.6 is 0 Å². The van der Waals surface area contributed by atoms with Gasteiger partial charge in [-0.05, 0) is 25.3 Å². The van der Waals surface area contributed by atoms with Crippen LogP contribution < -0.4 is 10.6 Å². The standard InChI is InChI=1S/C12H23N3O3S/c1-2-13-6-8-19(17,18)15-7-5-11-10(9-15)3-4-12(16)14-11/h10-11,13H,2-9H2,1H3,(H,14,16). The number of carbonyl (C=O) groups is 1. The van der Waals surface area contributed by atoms with Crippen LogP contribution in [0, 0.1) is 5.92 Å². The molecule has 2 saturated heterocycles. The maximum atomic E-state index is 12.2. The molecule has 0 aromatic heterocycles. The molecule has 2 fully saturated rings. The Labute approximate surface area is 115 Å². The van der Waals surface area contributed by atoms with E-state index in [0.29, 0.717) is 26.1 Å². The molecule has 2 N–H and O–H groups in total. The summed E-state index contributed by atoms with van der Waals surface area (Å²) < 4.78 is 26.0. The van der Waals surface area contributed by atoms with Crippen molar-refractivity contribution in [2.75, 3.05) is 31.9 Å². The highest BCUT2D eigenvalue weighted by Crippen LogP contribution is 2.26. The summed E-state index contributed by atoms with van der Waals surface area (Å²) in [5.41, 5.74) is 0. The molecule has 2 aliphatic heterocycles. The number of nitrogens with one attached hydrogen (secondary N) is 2. The molecule has 0 saturated carbocycles. The fraction of sp³-hybridized carbons (Fsp3) is 0.917.